The first kappa shape index (κ1) is 51.1. The number of hydrogen-bond acceptors (Lipinski definition) is 18. The smallest absolute Gasteiger partial charge is 0.187 e. The SMILES string of the molecule is C[C@@H]1O[C@H](O[C@@H]2CC[C@]3(C)[C@H](CC[C@@]4(C)[C@H]3C=CC3=C5CC(C)(C)CC[C@@]5(CO)[C@H](O)C[C@@]34C)[C@@]2(C)CO)[C@@H](O[C@H]2O[C@@H](CO)[C@H](O)[C@@H](O)[C@@H]2O)[C@H](O[C@H]2O[C@@H](CO)[C@H](O)[C@@H](O)[C@@H]2O)[C@@H]1O. The van der Waals surface area contributed by atoms with E-state index >= 15 is 0 Å². The lowest BCUT2D eigenvalue weighted by atomic mass is 9.35. The Labute approximate surface area is 387 Å². The predicted octanol–water partition coefficient (Wildman–Crippen LogP) is -0.495. The van der Waals surface area contributed by atoms with Crippen LogP contribution < -0.4 is 0 Å². The van der Waals surface area contributed by atoms with E-state index in [-0.39, 0.29) is 41.3 Å². The summed E-state index contributed by atoms with van der Waals surface area (Å²) < 4.78 is 37.1. The van der Waals surface area contributed by atoms with Crippen LogP contribution in [0.5, 0.6) is 0 Å². The van der Waals surface area contributed by atoms with Crippen molar-refractivity contribution in [1.29, 1.82) is 0 Å². The molecule has 66 heavy (non-hydrogen) atoms. The van der Waals surface area contributed by atoms with Crippen molar-refractivity contribution in [2.24, 2.45) is 44.3 Å². The van der Waals surface area contributed by atoms with E-state index in [1.54, 1.807) is 6.92 Å². The molecular formula is C48H78O18. The van der Waals surface area contributed by atoms with Crippen molar-refractivity contribution >= 4 is 0 Å². The molecule has 12 N–H and O–H groups in total. The van der Waals surface area contributed by atoms with Crippen LogP contribution in [0.4, 0.5) is 0 Å². The predicted molar refractivity (Wildman–Crippen MR) is 231 cm³/mol. The molecular weight excluding hydrogens is 865 g/mol. The zero-order valence-corrected chi connectivity index (χ0v) is 39.4. The molecule has 0 aromatic rings. The average molecular weight is 943 g/mol. The highest BCUT2D eigenvalue weighted by molar-refractivity contribution is 5.47. The Kier molecular flexibility index (Phi) is 14.0. The van der Waals surface area contributed by atoms with Crippen LogP contribution in [-0.2, 0) is 28.4 Å². The third kappa shape index (κ3) is 7.75. The normalized spacial score (nSPS) is 54.8. The second-order valence-corrected chi connectivity index (χ2v) is 23.1. The van der Waals surface area contributed by atoms with Gasteiger partial charge in [-0.3, -0.25) is 0 Å². The summed E-state index contributed by atoms with van der Waals surface area (Å²) in [5.41, 5.74) is -0.168. The molecule has 5 aliphatic carbocycles. The molecule has 0 unspecified atom stereocenters. The highest BCUT2D eigenvalue weighted by Gasteiger charge is 2.69. The topological polar surface area (TPSA) is 298 Å². The summed E-state index contributed by atoms with van der Waals surface area (Å²) in [5, 5.41) is 131. The van der Waals surface area contributed by atoms with Gasteiger partial charge in [-0.15, -0.1) is 0 Å². The van der Waals surface area contributed by atoms with Gasteiger partial charge in [0.2, 0.25) is 0 Å². The Morgan fingerprint density at radius 1 is 0.621 bits per heavy atom. The van der Waals surface area contributed by atoms with Gasteiger partial charge in [-0.1, -0.05) is 59.3 Å². The number of allylic oxidation sites excluding steroid dienone is 3. The standard InChI is InChI=1S/C48H78O18/c1-22-31(54)38(65-40-36(59)34(57)32(55)25(18-49)62-40)39(66-41-37(60)35(58)33(56)26(19-50)63-41)42(61-22)64-30-11-12-44(4)27(45(30,5)20-51)10-13-46(6)28(44)9-8-23-24-16-43(2,3)14-15-48(24,21-52)29(53)17-47(23,46)7/h8-9,22,25-42,49-60H,10-21H2,1-7H3/t22-,25-,26-,27-,28-,29+,30+,31+,32-,33-,34+,35+,36-,37-,38+,39-,40+,41+,42+,44+,45+,46-,47-,48-/m0/s1. The molecule has 3 heterocycles. The highest BCUT2D eigenvalue weighted by atomic mass is 16.8. The summed E-state index contributed by atoms with van der Waals surface area (Å²) in [4.78, 5) is 0. The number of aliphatic hydroxyl groups excluding tert-OH is 12. The molecule has 3 saturated heterocycles. The molecule has 18 heteroatoms. The van der Waals surface area contributed by atoms with E-state index < -0.39 is 134 Å². The van der Waals surface area contributed by atoms with E-state index in [1.165, 1.54) is 11.1 Å². The summed E-state index contributed by atoms with van der Waals surface area (Å²) in [5.74, 6) is -0.0689. The van der Waals surface area contributed by atoms with E-state index in [9.17, 15) is 61.3 Å². The highest BCUT2D eigenvalue weighted by Crippen LogP contribution is 2.74. The van der Waals surface area contributed by atoms with Crippen molar-refractivity contribution in [3.63, 3.8) is 0 Å². The first-order valence-corrected chi connectivity index (χ1v) is 24.1. The molecule has 3 saturated carbocycles. The average Bonchev–Trinajstić information content (AvgIpc) is 3.27. The van der Waals surface area contributed by atoms with E-state index in [2.05, 4.69) is 46.8 Å². The lowest BCUT2D eigenvalue weighted by molar-refractivity contribution is -0.398. The van der Waals surface area contributed by atoms with Gasteiger partial charge in [-0.25, -0.2) is 0 Å². The van der Waals surface area contributed by atoms with Crippen molar-refractivity contribution in [1.82, 2.24) is 0 Å². The van der Waals surface area contributed by atoms with Gasteiger partial charge in [0.15, 0.2) is 18.9 Å². The summed E-state index contributed by atoms with van der Waals surface area (Å²) in [6.07, 6.45) is -15.5. The van der Waals surface area contributed by atoms with Crippen LogP contribution >= 0.6 is 0 Å². The molecule has 8 rings (SSSR count). The molecule has 0 aromatic heterocycles. The van der Waals surface area contributed by atoms with Crippen LogP contribution in [0.25, 0.3) is 0 Å². The van der Waals surface area contributed by atoms with Crippen molar-refractivity contribution < 1.29 is 89.7 Å². The first-order chi connectivity index (χ1) is 30.9. The summed E-state index contributed by atoms with van der Waals surface area (Å²) in [6, 6.07) is 0. The minimum absolute atomic E-state index is 0.0262. The maximum absolute atomic E-state index is 12.1. The third-order valence-electron chi connectivity index (χ3n) is 19.0. The lowest BCUT2D eigenvalue weighted by Gasteiger charge is -2.70. The van der Waals surface area contributed by atoms with Crippen molar-refractivity contribution in [3.05, 3.63) is 23.3 Å². The molecule has 0 bridgehead atoms. The second kappa shape index (κ2) is 18.1. The van der Waals surface area contributed by atoms with Gasteiger partial charge in [0.05, 0.1) is 44.7 Å². The van der Waals surface area contributed by atoms with Crippen LogP contribution in [0.3, 0.4) is 0 Å². The minimum atomic E-state index is -1.89. The molecule has 0 aromatic carbocycles. The van der Waals surface area contributed by atoms with Crippen LogP contribution in [0.1, 0.15) is 99.8 Å². The largest absolute Gasteiger partial charge is 0.396 e. The van der Waals surface area contributed by atoms with Crippen LogP contribution in [0.15, 0.2) is 23.3 Å². The van der Waals surface area contributed by atoms with Crippen molar-refractivity contribution in [3.8, 4) is 0 Å². The van der Waals surface area contributed by atoms with Crippen molar-refractivity contribution in [2.45, 2.75) is 204 Å². The van der Waals surface area contributed by atoms with Gasteiger partial charge in [-0.05, 0) is 91.9 Å². The van der Waals surface area contributed by atoms with Gasteiger partial charge in [0.1, 0.15) is 67.1 Å². The molecule has 378 valence electrons. The first-order valence-electron chi connectivity index (χ1n) is 24.1. The van der Waals surface area contributed by atoms with E-state index in [0.717, 1.165) is 25.7 Å². The fourth-order valence-electron chi connectivity index (χ4n) is 14.5. The molecule has 3 aliphatic heterocycles. The number of ether oxygens (including phenoxy) is 6. The molecule has 8 aliphatic rings. The van der Waals surface area contributed by atoms with Gasteiger partial charge in [0.25, 0.3) is 0 Å². The molecule has 18 nitrogen and oxygen atoms in total. The number of fused-ring (bicyclic) bond motifs is 6. The molecule has 6 fully saturated rings. The second-order valence-electron chi connectivity index (χ2n) is 23.1. The third-order valence-corrected chi connectivity index (χ3v) is 19.0. The zero-order chi connectivity index (χ0) is 48.3. The van der Waals surface area contributed by atoms with Crippen LogP contribution in [-0.4, -0.2) is 192 Å². The van der Waals surface area contributed by atoms with E-state index in [0.29, 0.717) is 25.7 Å². The Morgan fingerprint density at radius 3 is 1.77 bits per heavy atom. The maximum atomic E-state index is 12.1. The zero-order valence-electron chi connectivity index (χ0n) is 39.4. The molecule has 24 atom stereocenters. The van der Waals surface area contributed by atoms with Gasteiger partial charge in [0, 0.05) is 16.2 Å². The summed E-state index contributed by atoms with van der Waals surface area (Å²) in [7, 11) is 0. The monoisotopic (exact) mass is 943 g/mol. The van der Waals surface area contributed by atoms with Crippen LogP contribution in [0.2, 0.25) is 0 Å². The van der Waals surface area contributed by atoms with Gasteiger partial charge in [-0.2, -0.15) is 0 Å². The Bertz CT molecular complexity index is 1810. The fraction of sp³-hybridized carbons (Fsp3) is 0.917. The Morgan fingerprint density at radius 2 is 1.21 bits per heavy atom. The molecule has 0 spiro atoms. The summed E-state index contributed by atoms with van der Waals surface area (Å²) in [6.45, 7) is 13.1. The van der Waals surface area contributed by atoms with Gasteiger partial charge >= 0.3 is 0 Å². The maximum Gasteiger partial charge on any atom is 0.187 e. The van der Waals surface area contributed by atoms with E-state index in [1.807, 2.05) is 6.92 Å². The Hall–Kier alpha value is -1.24. The minimum Gasteiger partial charge on any atom is -0.396 e. The lowest BCUT2D eigenvalue weighted by Crippen LogP contribution is -2.68. The quantitative estimate of drug-likeness (QED) is 0.123. The summed E-state index contributed by atoms with van der Waals surface area (Å²) >= 11 is 0. The molecule has 0 amide bonds. The van der Waals surface area contributed by atoms with E-state index in [4.69, 9.17) is 28.4 Å². The fourth-order valence-corrected chi connectivity index (χ4v) is 14.5. The molecule has 0 radical (unpaired) electrons. The number of rotatable bonds is 10. The number of hydrogen-bond donors (Lipinski definition) is 12. The van der Waals surface area contributed by atoms with Crippen LogP contribution in [0, 0.1) is 44.3 Å². The van der Waals surface area contributed by atoms with Crippen molar-refractivity contribution in [2.75, 3.05) is 26.4 Å². The number of aliphatic hydroxyl groups is 12. The van der Waals surface area contributed by atoms with Gasteiger partial charge < -0.3 is 89.7 Å². The Balaban J connectivity index is 1.12.